The Hall–Kier alpha value is -2.11. The fourth-order valence-electron chi connectivity index (χ4n) is 0.953. The molecule has 0 fully saturated rings. The van der Waals surface area contributed by atoms with Gasteiger partial charge in [-0.1, -0.05) is 6.07 Å². The van der Waals surface area contributed by atoms with E-state index in [4.69, 9.17) is 0 Å². The Bertz CT molecular complexity index is 375. The molecule has 6 heteroatoms. The average Bonchev–Trinajstić information content (AvgIpc) is 2.29. The van der Waals surface area contributed by atoms with Gasteiger partial charge in [0.25, 0.3) is 0 Å². The number of aryl methyl sites for hydroxylation is 1. The van der Waals surface area contributed by atoms with Gasteiger partial charge in [-0.2, -0.15) is 0 Å². The Morgan fingerprint density at radius 1 is 1.44 bits per heavy atom. The summed E-state index contributed by atoms with van der Waals surface area (Å²) in [6.07, 6.45) is 0.996. The van der Waals surface area contributed by atoms with Gasteiger partial charge in [0.05, 0.1) is 7.11 Å². The van der Waals surface area contributed by atoms with Crippen molar-refractivity contribution in [1.82, 2.24) is 10.3 Å². The zero-order chi connectivity index (χ0) is 12.0. The lowest BCUT2D eigenvalue weighted by Gasteiger charge is -2.05. The fraction of sp³-hybridized carbons (Fsp3) is 0.300. The minimum absolute atomic E-state index is 0.151. The number of hydrogen-bond donors (Lipinski definition) is 2. The van der Waals surface area contributed by atoms with Crippen molar-refractivity contribution in [1.29, 1.82) is 0 Å². The van der Waals surface area contributed by atoms with Gasteiger partial charge in [-0.3, -0.25) is 4.79 Å². The van der Waals surface area contributed by atoms with Crippen LogP contribution in [0.1, 0.15) is 5.56 Å². The highest BCUT2D eigenvalue weighted by atomic mass is 16.5. The molecule has 6 nitrogen and oxygen atoms in total. The van der Waals surface area contributed by atoms with Crippen LogP contribution in [-0.2, 0) is 9.53 Å². The second-order valence-corrected chi connectivity index (χ2v) is 3.11. The summed E-state index contributed by atoms with van der Waals surface area (Å²) in [5.41, 5.74) is 1.01. The van der Waals surface area contributed by atoms with Gasteiger partial charge in [-0.15, -0.1) is 0 Å². The molecule has 0 unspecified atom stereocenters. The number of carbonyl (C=O) groups excluding carboxylic acids is 2. The summed E-state index contributed by atoms with van der Waals surface area (Å²) in [5.74, 6) is 0.0871. The van der Waals surface area contributed by atoms with Gasteiger partial charge < -0.3 is 15.4 Å². The molecule has 0 aliphatic heterocycles. The number of nitrogens with one attached hydrogen (secondary N) is 2. The standard InChI is InChI=1S/C10H13N3O3/c1-7-3-4-8(11-5-7)13-9(14)6-12-10(15)16-2/h3-5H,6H2,1-2H3,(H,12,15)(H,11,13,14). The molecule has 0 spiro atoms. The summed E-state index contributed by atoms with van der Waals surface area (Å²) in [7, 11) is 1.23. The summed E-state index contributed by atoms with van der Waals surface area (Å²) in [5, 5.41) is 4.79. The van der Waals surface area contributed by atoms with Crippen molar-refractivity contribution in [3.05, 3.63) is 23.9 Å². The quantitative estimate of drug-likeness (QED) is 0.789. The molecule has 2 N–H and O–H groups in total. The van der Waals surface area contributed by atoms with Gasteiger partial charge in [0.2, 0.25) is 5.91 Å². The fourth-order valence-corrected chi connectivity index (χ4v) is 0.953. The van der Waals surface area contributed by atoms with E-state index >= 15 is 0 Å². The van der Waals surface area contributed by atoms with Crippen LogP contribution >= 0.6 is 0 Å². The first-order valence-corrected chi connectivity index (χ1v) is 4.66. The lowest BCUT2D eigenvalue weighted by atomic mass is 10.3. The van der Waals surface area contributed by atoms with E-state index < -0.39 is 6.09 Å². The Kier molecular flexibility index (Phi) is 4.26. The third-order valence-electron chi connectivity index (χ3n) is 1.76. The maximum atomic E-state index is 11.3. The van der Waals surface area contributed by atoms with E-state index in [1.54, 1.807) is 12.3 Å². The second kappa shape index (κ2) is 5.69. The van der Waals surface area contributed by atoms with Gasteiger partial charge in [-0.25, -0.2) is 9.78 Å². The Balaban J connectivity index is 2.40. The summed E-state index contributed by atoms with van der Waals surface area (Å²) in [6.45, 7) is 1.75. The zero-order valence-corrected chi connectivity index (χ0v) is 9.11. The highest BCUT2D eigenvalue weighted by molar-refractivity contribution is 5.92. The molecule has 1 aromatic heterocycles. The van der Waals surface area contributed by atoms with Crippen molar-refractivity contribution in [2.75, 3.05) is 19.0 Å². The largest absolute Gasteiger partial charge is 0.453 e. The molecular weight excluding hydrogens is 210 g/mol. The van der Waals surface area contributed by atoms with Crippen LogP contribution in [0.15, 0.2) is 18.3 Å². The Morgan fingerprint density at radius 2 is 2.19 bits per heavy atom. The van der Waals surface area contributed by atoms with Crippen molar-refractivity contribution in [2.24, 2.45) is 0 Å². The number of hydrogen-bond acceptors (Lipinski definition) is 4. The van der Waals surface area contributed by atoms with E-state index in [-0.39, 0.29) is 12.5 Å². The Labute approximate surface area is 93.0 Å². The number of methoxy groups -OCH3 is 1. The van der Waals surface area contributed by atoms with Gasteiger partial charge in [0.1, 0.15) is 12.4 Å². The molecule has 0 aliphatic carbocycles. The minimum atomic E-state index is -0.646. The predicted molar refractivity (Wildman–Crippen MR) is 58.0 cm³/mol. The summed E-state index contributed by atoms with van der Waals surface area (Å²) in [6, 6.07) is 3.52. The van der Waals surface area contributed by atoms with E-state index in [1.807, 2.05) is 13.0 Å². The first kappa shape index (κ1) is 12.0. The van der Waals surface area contributed by atoms with Crippen molar-refractivity contribution < 1.29 is 14.3 Å². The molecule has 2 amide bonds. The van der Waals surface area contributed by atoms with Crippen molar-refractivity contribution >= 4 is 17.8 Å². The molecule has 0 aliphatic rings. The van der Waals surface area contributed by atoms with E-state index in [1.165, 1.54) is 7.11 Å². The molecular formula is C10H13N3O3. The first-order valence-electron chi connectivity index (χ1n) is 4.66. The van der Waals surface area contributed by atoms with E-state index in [0.717, 1.165) is 5.56 Å². The number of rotatable bonds is 3. The number of alkyl carbamates (subject to hydrolysis) is 1. The van der Waals surface area contributed by atoms with Crippen LogP contribution in [0.3, 0.4) is 0 Å². The molecule has 16 heavy (non-hydrogen) atoms. The molecule has 86 valence electrons. The van der Waals surface area contributed by atoms with Gasteiger partial charge in [0.15, 0.2) is 0 Å². The number of carbonyl (C=O) groups is 2. The van der Waals surface area contributed by atoms with Crippen molar-refractivity contribution in [2.45, 2.75) is 6.92 Å². The highest BCUT2D eigenvalue weighted by Gasteiger charge is 2.05. The van der Waals surface area contributed by atoms with Crippen LogP contribution in [0, 0.1) is 6.92 Å². The molecule has 1 heterocycles. The van der Waals surface area contributed by atoms with Crippen LogP contribution in [0.2, 0.25) is 0 Å². The normalized spacial score (nSPS) is 9.38. The number of pyridine rings is 1. The number of ether oxygens (including phenoxy) is 1. The molecule has 0 atom stereocenters. The van der Waals surface area contributed by atoms with Gasteiger partial charge in [0, 0.05) is 6.20 Å². The first-order chi connectivity index (χ1) is 7.61. The van der Waals surface area contributed by atoms with E-state index in [2.05, 4.69) is 20.4 Å². The smallest absolute Gasteiger partial charge is 0.407 e. The third-order valence-corrected chi connectivity index (χ3v) is 1.76. The minimum Gasteiger partial charge on any atom is -0.453 e. The molecule has 0 aromatic carbocycles. The molecule has 0 radical (unpaired) electrons. The van der Waals surface area contributed by atoms with Crippen LogP contribution in [0.4, 0.5) is 10.6 Å². The number of anilines is 1. The maximum absolute atomic E-state index is 11.3. The SMILES string of the molecule is COC(=O)NCC(=O)Nc1ccc(C)cn1. The van der Waals surface area contributed by atoms with Gasteiger partial charge >= 0.3 is 6.09 Å². The third kappa shape index (κ3) is 3.95. The second-order valence-electron chi connectivity index (χ2n) is 3.11. The van der Waals surface area contributed by atoms with Crippen LogP contribution < -0.4 is 10.6 Å². The monoisotopic (exact) mass is 223 g/mol. The molecule has 1 rings (SSSR count). The number of aromatic nitrogens is 1. The van der Waals surface area contributed by atoms with Crippen LogP contribution in [0.25, 0.3) is 0 Å². The molecule has 0 saturated carbocycles. The van der Waals surface area contributed by atoms with Crippen molar-refractivity contribution in [3.8, 4) is 0 Å². The van der Waals surface area contributed by atoms with Crippen LogP contribution in [0.5, 0.6) is 0 Å². The Morgan fingerprint density at radius 3 is 2.75 bits per heavy atom. The topological polar surface area (TPSA) is 80.3 Å². The number of nitrogens with zero attached hydrogens (tertiary/aromatic N) is 1. The zero-order valence-electron chi connectivity index (χ0n) is 9.11. The van der Waals surface area contributed by atoms with Gasteiger partial charge in [-0.05, 0) is 18.6 Å². The lowest BCUT2D eigenvalue weighted by Crippen LogP contribution is -2.32. The molecule has 0 saturated heterocycles. The van der Waals surface area contributed by atoms with Crippen LogP contribution in [-0.4, -0.2) is 30.6 Å². The molecule has 0 bridgehead atoms. The summed E-state index contributed by atoms with van der Waals surface area (Å²) < 4.78 is 4.32. The number of amides is 2. The summed E-state index contributed by atoms with van der Waals surface area (Å²) >= 11 is 0. The van der Waals surface area contributed by atoms with Crippen molar-refractivity contribution in [3.63, 3.8) is 0 Å². The molecule has 1 aromatic rings. The maximum Gasteiger partial charge on any atom is 0.407 e. The lowest BCUT2D eigenvalue weighted by molar-refractivity contribution is -0.115. The van der Waals surface area contributed by atoms with E-state index in [0.29, 0.717) is 5.82 Å². The average molecular weight is 223 g/mol. The van der Waals surface area contributed by atoms with E-state index in [9.17, 15) is 9.59 Å². The highest BCUT2D eigenvalue weighted by Crippen LogP contribution is 2.02. The predicted octanol–water partition coefficient (Wildman–Crippen LogP) is 0.685. The summed E-state index contributed by atoms with van der Waals surface area (Å²) in [4.78, 5) is 26.0.